The number of aliphatic hydroxyl groups is 1. The summed E-state index contributed by atoms with van der Waals surface area (Å²) in [5.41, 5.74) is 0. The number of unbranched alkanes of at least 4 members (excludes halogenated alkanes) is 40. The largest absolute Gasteiger partial charge is 0.472 e. The lowest BCUT2D eigenvalue weighted by atomic mass is 9.99. The number of phosphoric acid groups is 2. The van der Waals surface area contributed by atoms with E-state index in [0.29, 0.717) is 31.6 Å². The van der Waals surface area contributed by atoms with Crippen molar-refractivity contribution in [2.24, 2.45) is 23.7 Å². The molecule has 0 rings (SSSR count). The molecule has 6 atom stereocenters. The molecule has 0 aromatic carbocycles. The van der Waals surface area contributed by atoms with Gasteiger partial charge in [0.05, 0.1) is 26.4 Å². The van der Waals surface area contributed by atoms with Crippen LogP contribution in [0.5, 0.6) is 0 Å². The van der Waals surface area contributed by atoms with Gasteiger partial charge in [-0.15, -0.1) is 0 Å². The van der Waals surface area contributed by atoms with Crippen molar-refractivity contribution >= 4 is 39.5 Å². The van der Waals surface area contributed by atoms with Crippen LogP contribution in [0.1, 0.15) is 396 Å². The molecule has 4 unspecified atom stereocenters. The number of hydrogen-bond donors (Lipinski definition) is 3. The van der Waals surface area contributed by atoms with E-state index < -0.39 is 97.5 Å². The molecule has 97 heavy (non-hydrogen) atoms. The van der Waals surface area contributed by atoms with Crippen molar-refractivity contribution in [2.45, 2.75) is 414 Å². The fourth-order valence-electron chi connectivity index (χ4n) is 11.9. The maximum atomic E-state index is 13.1. The van der Waals surface area contributed by atoms with Gasteiger partial charge >= 0.3 is 39.5 Å². The number of carbonyl (C=O) groups is 4. The van der Waals surface area contributed by atoms with Gasteiger partial charge in [-0.1, -0.05) is 344 Å². The lowest BCUT2D eigenvalue weighted by Crippen LogP contribution is -2.30. The molecule has 576 valence electrons. The number of esters is 4. The third kappa shape index (κ3) is 70.9. The standard InChI is InChI=1S/C78H152O17P2/c1-9-71(8)57-49-41-33-25-21-22-26-34-42-50-58-75(80)88-64-73(94-77(82)61-53-45-36-28-20-16-12-14-18-24-31-39-47-55-69(4)5)66-92-96(84,85)90-62-72(79)63-91-97(86,87)93-67-74(65-89-76(81)59-51-43-37-29-32-40-48-56-70(6)7)95-78(83)60-52-44-35-27-19-15-11-10-13-17-23-30-38-46-54-68(2)3/h68-74,79H,9-67H2,1-8H3,(H,84,85)(H,86,87)/t71?,72?,73-,74-/m1/s1. The van der Waals surface area contributed by atoms with Crippen molar-refractivity contribution in [1.29, 1.82) is 0 Å². The van der Waals surface area contributed by atoms with E-state index in [9.17, 15) is 43.2 Å². The number of rotatable bonds is 75. The second-order valence-corrected chi connectivity index (χ2v) is 32.7. The zero-order chi connectivity index (χ0) is 71.7. The van der Waals surface area contributed by atoms with Gasteiger partial charge in [0.25, 0.3) is 0 Å². The average Bonchev–Trinajstić information content (AvgIpc) is 1.25. The van der Waals surface area contributed by atoms with Crippen LogP contribution in [0.25, 0.3) is 0 Å². The van der Waals surface area contributed by atoms with Crippen LogP contribution in [-0.4, -0.2) is 96.7 Å². The Morgan fingerprint density at radius 3 is 0.732 bits per heavy atom. The lowest BCUT2D eigenvalue weighted by Gasteiger charge is -2.21. The molecule has 0 aliphatic heterocycles. The zero-order valence-corrected chi connectivity index (χ0v) is 65.5. The molecule has 0 aliphatic carbocycles. The predicted molar refractivity (Wildman–Crippen MR) is 395 cm³/mol. The number of carbonyl (C=O) groups excluding carboxylic acids is 4. The number of aliphatic hydroxyl groups excluding tert-OH is 1. The molecule has 0 bridgehead atoms. The van der Waals surface area contributed by atoms with Crippen molar-refractivity contribution in [2.75, 3.05) is 39.6 Å². The first-order chi connectivity index (χ1) is 46.6. The van der Waals surface area contributed by atoms with Crippen LogP contribution in [-0.2, 0) is 65.4 Å². The van der Waals surface area contributed by atoms with Gasteiger partial charge in [-0.05, 0) is 49.4 Å². The Hall–Kier alpha value is -1.94. The molecule has 0 amide bonds. The van der Waals surface area contributed by atoms with E-state index in [1.165, 1.54) is 193 Å². The van der Waals surface area contributed by atoms with E-state index in [0.717, 1.165) is 114 Å². The topological polar surface area (TPSA) is 237 Å². The Kier molecular flexibility index (Phi) is 65.9. The summed E-state index contributed by atoms with van der Waals surface area (Å²) < 4.78 is 68.6. The Balaban J connectivity index is 5.25. The van der Waals surface area contributed by atoms with Crippen LogP contribution >= 0.6 is 15.6 Å². The Morgan fingerprint density at radius 2 is 0.495 bits per heavy atom. The van der Waals surface area contributed by atoms with E-state index in [1.807, 2.05) is 0 Å². The van der Waals surface area contributed by atoms with Gasteiger partial charge < -0.3 is 33.8 Å². The van der Waals surface area contributed by atoms with E-state index in [2.05, 4.69) is 55.4 Å². The summed E-state index contributed by atoms with van der Waals surface area (Å²) in [6, 6.07) is 0. The van der Waals surface area contributed by atoms with Gasteiger partial charge in [0, 0.05) is 25.7 Å². The molecule has 0 spiro atoms. The molecule has 0 radical (unpaired) electrons. The van der Waals surface area contributed by atoms with Gasteiger partial charge in [-0.25, -0.2) is 9.13 Å². The molecule has 0 fully saturated rings. The third-order valence-corrected chi connectivity index (χ3v) is 20.3. The zero-order valence-electron chi connectivity index (χ0n) is 63.7. The van der Waals surface area contributed by atoms with E-state index in [1.54, 1.807) is 0 Å². The highest BCUT2D eigenvalue weighted by Gasteiger charge is 2.30. The van der Waals surface area contributed by atoms with Crippen LogP contribution in [0.15, 0.2) is 0 Å². The van der Waals surface area contributed by atoms with Gasteiger partial charge in [-0.3, -0.25) is 37.3 Å². The molecular formula is C78H152O17P2. The Bertz CT molecular complexity index is 1900. The molecular weight excluding hydrogens is 1270 g/mol. The highest BCUT2D eigenvalue weighted by molar-refractivity contribution is 7.47. The molecule has 0 aliphatic rings. The SMILES string of the molecule is CCC(C)CCCCCCCCCCCCC(=O)OC[C@H](COP(=O)(O)OCC(O)COP(=O)(O)OC[C@@H](COC(=O)CCCCCCCCCC(C)C)OC(=O)CCCCCCCCCCCCCCCCC(C)C)OC(=O)CCCCCCCCCCCCCCCC(C)C. The maximum Gasteiger partial charge on any atom is 0.472 e. The molecule has 0 saturated heterocycles. The molecule has 19 heteroatoms. The van der Waals surface area contributed by atoms with Crippen LogP contribution in [0.3, 0.4) is 0 Å². The second kappa shape index (κ2) is 67.2. The summed E-state index contributed by atoms with van der Waals surface area (Å²) in [4.78, 5) is 72.9. The van der Waals surface area contributed by atoms with Gasteiger partial charge in [0.15, 0.2) is 12.2 Å². The minimum Gasteiger partial charge on any atom is -0.462 e. The van der Waals surface area contributed by atoms with E-state index >= 15 is 0 Å². The lowest BCUT2D eigenvalue weighted by molar-refractivity contribution is -0.161. The number of phosphoric ester groups is 2. The van der Waals surface area contributed by atoms with Gasteiger partial charge in [-0.2, -0.15) is 0 Å². The number of hydrogen-bond acceptors (Lipinski definition) is 15. The van der Waals surface area contributed by atoms with Crippen molar-refractivity contribution < 1.29 is 80.2 Å². The summed E-state index contributed by atoms with van der Waals surface area (Å²) in [5, 5.41) is 10.6. The number of ether oxygens (including phenoxy) is 4. The quantitative estimate of drug-likeness (QED) is 0.0222. The summed E-state index contributed by atoms with van der Waals surface area (Å²) in [7, 11) is -9.92. The molecule has 0 heterocycles. The first-order valence-corrected chi connectivity index (χ1v) is 43.2. The van der Waals surface area contributed by atoms with Crippen molar-refractivity contribution in [1.82, 2.24) is 0 Å². The molecule has 0 aromatic heterocycles. The minimum atomic E-state index is -4.96. The van der Waals surface area contributed by atoms with Crippen molar-refractivity contribution in [3.8, 4) is 0 Å². The monoisotopic (exact) mass is 1420 g/mol. The van der Waals surface area contributed by atoms with E-state index in [-0.39, 0.29) is 25.7 Å². The maximum absolute atomic E-state index is 13.1. The molecule has 0 saturated carbocycles. The highest BCUT2D eigenvalue weighted by atomic mass is 31.2. The molecule has 3 N–H and O–H groups in total. The first-order valence-electron chi connectivity index (χ1n) is 40.2. The summed E-state index contributed by atoms with van der Waals surface area (Å²) >= 11 is 0. The van der Waals surface area contributed by atoms with Gasteiger partial charge in [0.2, 0.25) is 0 Å². The van der Waals surface area contributed by atoms with Crippen molar-refractivity contribution in [3.63, 3.8) is 0 Å². The summed E-state index contributed by atoms with van der Waals surface area (Å²) in [6.45, 7) is 14.2. The van der Waals surface area contributed by atoms with E-state index in [4.69, 9.17) is 37.0 Å². The predicted octanol–water partition coefficient (Wildman–Crippen LogP) is 22.8. The smallest absolute Gasteiger partial charge is 0.462 e. The second-order valence-electron chi connectivity index (χ2n) is 29.8. The van der Waals surface area contributed by atoms with Crippen LogP contribution < -0.4 is 0 Å². The fraction of sp³-hybridized carbons (Fsp3) is 0.949. The van der Waals surface area contributed by atoms with Gasteiger partial charge in [0.1, 0.15) is 19.3 Å². The van der Waals surface area contributed by atoms with Crippen molar-refractivity contribution in [3.05, 3.63) is 0 Å². The Labute approximate surface area is 594 Å². The average molecular weight is 1420 g/mol. The first kappa shape index (κ1) is 95.1. The summed E-state index contributed by atoms with van der Waals surface area (Å²) in [6.07, 6.45) is 52.7. The minimum absolute atomic E-state index is 0.106. The fourth-order valence-corrected chi connectivity index (χ4v) is 13.5. The van der Waals surface area contributed by atoms with Crippen LogP contribution in [0.2, 0.25) is 0 Å². The normalized spacial score (nSPS) is 14.4. The Morgan fingerprint density at radius 1 is 0.289 bits per heavy atom. The molecule has 17 nitrogen and oxygen atoms in total. The molecule has 0 aromatic rings. The summed E-state index contributed by atoms with van der Waals surface area (Å²) in [5.74, 6) is 0.978. The van der Waals surface area contributed by atoms with Crippen LogP contribution in [0, 0.1) is 23.7 Å². The third-order valence-electron chi connectivity index (χ3n) is 18.4. The van der Waals surface area contributed by atoms with Crippen LogP contribution in [0.4, 0.5) is 0 Å². The highest BCUT2D eigenvalue weighted by Crippen LogP contribution is 2.45.